The van der Waals surface area contributed by atoms with Crippen molar-refractivity contribution < 1.29 is 14.5 Å². The Kier molecular flexibility index (Phi) is 5.74. The molecule has 1 aromatic heterocycles. The number of Topliss-reactive ketones (excluding diaryl/α,β-unsaturated/α-hetero) is 1. The zero-order valence-corrected chi connectivity index (χ0v) is 17.6. The average Bonchev–Trinajstić information content (AvgIpc) is 3.18. The van der Waals surface area contributed by atoms with Gasteiger partial charge in [0, 0.05) is 11.3 Å². The van der Waals surface area contributed by atoms with Gasteiger partial charge in [0.2, 0.25) is 0 Å². The fourth-order valence-corrected chi connectivity index (χ4v) is 5.09. The number of likely N-dealkylation sites (tertiary alicyclic amines) is 1. The van der Waals surface area contributed by atoms with Gasteiger partial charge in [0.05, 0.1) is 29.2 Å². The van der Waals surface area contributed by atoms with Crippen LogP contribution in [-0.4, -0.2) is 35.8 Å². The number of para-hydroxylation sites is 1. The minimum absolute atomic E-state index is 0.0144. The van der Waals surface area contributed by atoms with E-state index in [1.807, 2.05) is 13.0 Å². The number of anilines is 1. The van der Waals surface area contributed by atoms with Crippen LogP contribution in [0.15, 0.2) is 48.5 Å². The van der Waals surface area contributed by atoms with Crippen molar-refractivity contribution in [3.8, 4) is 0 Å². The summed E-state index contributed by atoms with van der Waals surface area (Å²) in [5, 5.41) is 4.19. The zero-order valence-electron chi connectivity index (χ0n) is 16.8. The predicted molar refractivity (Wildman–Crippen MR) is 117 cm³/mol. The summed E-state index contributed by atoms with van der Waals surface area (Å²) in [7, 11) is 0. The topological polar surface area (TPSA) is 63.5 Å². The molecule has 6 heteroatoms. The SMILES string of the molecule is CC(=O)c1ccc(NC(=O)[C@H](C)[NH+]2CCC[C@H](c3nc4ccccc4s3)C2)cc1. The van der Waals surface area contributed by atoms with E-state index in [4.69, 9.17) is 4.98 Å². The fourth-order valence-electron chi connectivity index (χ4n) is 3.99. The van der Waals surface area contributed by atoms with E-state index in [-0.39, 0.29) is 17.7 Å². The first-order valence-electron chi connectivity index (χ1n) is 10.1. The number of aromatic nitrogens is 1. The van der Waals surface area contributed by atoms with Crippen LogP contribution in [0.2, 0.25) is 0 Å². The molecule has 0 spiro atoms. The summed E-state index contributed by atoms with van der Waals surface area (Å²) in [5.41, 5.74) is 2.45. The number of carbonyl (C=O) groups is 2. The first-order chi connectivity index (χ1) is 14.0. The molecule has 1 aliphatic heterocycles. The lowest BCUT2D eigenvalue weighted by Crippen LogP contribution is -3.17. The van der Waals surface area contributed by atoms with Gasteiger partial charge >= 0.3 is 0 Å². The summed E-state index contributed by atoms with van der Waals surface area (Å²) in [6, 6.07) is 15.2. The Morgan fingerprint density at radius 1 is 1.17 bits per heavy atom. The first-order valence-corrected chi connectivity index (χ1v) is 10.9. The van der Waals surface area contributed by atoms with Gasteiger partial charge in [0.15, 0.2) is 11.8 Å². The van der Waals surface area contributed by atoms with Crippen molar-refractivity contribution in [1.29, 1.82) is 0 Å². The smallest absolute Gasteiger partial charge is 0.282 e. The van der Waals surface area contributed by atoms with Crippen molar-refractivity contribution >= 4 is 38.9 Å². The Hall–Kier alpha value is -2.57. The maximum absolute atomic E-state index is 12.8. The highest BCUT2D eigenvalue weighted by atomic mass is 32.1. The standard InChI is InChI=1S/C23H25N3O2S/c1-15(22(28)24-19-11-9-17(10-12-19)16(2)27)26-13-5-6-18(14-26)23-25-20-7-3-4-8-21(20)29-23/h3-4,7-12,15,18H,5-6,13-14H2,1-2H3,(H,24,28)/p+1/t15-,18-/m0/s1. The summed E-state index contributed by atoms with van der Waals surface area (Å²) < 4.78 is 1.23. The van der Waals surface area contributed by atoms with E-state index >= 15 is 0 Å². The van der Waals surface area contributed by atoms with Crippen LogP contribution >= 0.6 is 11.3 Å². The number of fused-ring (bicyclic) bond motifs is 1. The predicted octanol–water partition coefficient (Wildman–Crippen LogP) is 3.29. The van der Waals surface area contributed by atoms with Crippen LogP contribution in [0.4, 0.5) is 5.69 Å². The molecule has 1 aliphatic rings. The third kappa shape index (κ3) is 4.38. The second-order valence-electron chi connectivity index (χ2n) is 7.82. The van der Waals surface area contributed by atoms with Gasteiger partial charge in [-0.2, -0.15) is 0 Å². The number of carbonyl (C=O) groups excluding carboxylic acids is 2. The number of ketones is 1. The van der Waals surface area contributed by atoms with E-state index in [1.165, 1.54) is 21.5 Å². The Morgan fingerprint density at radius 2 is 1.93 bits per heavy atom. The van der Waals surface area contributed by atoms with Gasteiger partial charge in [-0.05, 0) is 63.1 Å². The van der Waals surface area contributed by atoms with Gasteiger partial charge in [0.1, 0.15) is 5.01 Å². The summed E-state index contributed by atoms with van der Waals surface area (Å²) in [6.45, 7) is 5.46. The van der Waals surface area contributed by atoms with E-state index in [1.54, 1.807) is 35.6 Å². The molecule has 2 N–H and O–H groups in total. The highest BCUT2D eigenvalue weighted by Gasteiger charge is 2.33. The van der Waals surface area contributed by atoms with Crippen molar-refractivity contribution in [2.45, 2.75) is 38.6 Å². The molecule has 3 atom stereocenters. The van der Waals surface area contributed by atoms with Gasteiger partial charge in [-0.3, -0.25) is 9.59 Å². The summed E-state index contributed by atoms with van der Waals surface area (Å²) in [6.07, 6.45) is 2.23. The van der Waals surface area contributed by atoms with Crippen LogP contribution < -0.4 is 10.2 Å². The van der Waals surface area contributed by atoms with Crippen molar-refractivity contribution in [1.82, 2.24) is 4.98 Å². The normalized spacial score (nSPS) is 20.3. The quantitative estimate of drug-likeness (QED) is 0.637. The lowest BCUT2D eigenvalue weighted by molar-refractivity contribution is -0.920. The fraction of sp³-hybridized carbons (Fsp3) is 0.348. The molecule has 0 aliphatic carbocycles. The maximum atomic E-state index is 12.8. The molecule has 1 unspecified atom stereocenters. The molecular formula is C23H26N3O2S+. The van der Waals surface area contributed by atoms with Gasteiger partial charge in [-0.25, -0.2) is 4.98 Å². The van der Waals surface area contributed by atoms with E-state index in [0.29, 0.717) is 11.5 Å². The molecule has 2 heterocycles. The molecule has 150 valence electrons. The molecule has 0 saturated carbocycles. The van der Waals surface area contributed by atoms with Gasteiger partial charge in [-0.15, -0.1) is 11.3 Å². The summed E-state index contributed by atoms with van der Waals surface area (Å²) in [4.78, 5) is 30.4. The van der Waals surface area contributed by atoms with Crippen LogP contribution in [0.1, 0.15) is 48.0 Å². The highest BCUT2D eigenvalue weighted by Crippen LogP contribution is 2.30. The number of rotatable bonds is 5. The molecule has 5 nitrogen and oxygen atoms in total. The van der Waals surface area contributed by atoms with Gasteiger partial charge in [0.25, 0.3) is 5.91 Å². The lowest BCUT2D eigenvalue weighted by Gasteiger charge is -2.32. The molecule has 2 aromatic carbocycles. The Labute approximate surface area is 174 Å². The second kappa shape index (κ2) is 8.43. The molecule has 0 bridgehead atoms. The first kappa shape index (κ1) is 19.7. The van der Waals surface area contributed by atoms with Crippen LogP contribution in [0.5, 0.6) is 0 Å². The molecule has 1 saturated heterocycles. The number of hydrogen-bond donors (Lipinski definition) is 2. The monoisotopic (exact) mass is 408 g/mol. The molecular weight excluding hydrogens is 382 g/mol. The second-order valence-corrected chi connectivity index (χ2v) is 8.88. The minimum Gasteiger partial charge on any atom is -0.324 e. The van der Waals surface area contributed by atoms with Crippen LogP contribution in [-0.2, 0) is 4.79 Å². The summed E-state index contributed by atoms with van der Waals surface area (Å²) >= 11 is 1.78. The molecule has 1 amide bonds. The number of piperidine rings is 1. The largest absolute Gasteiger partial charge is 0.324 e. The number of amides is 1. The third-order valence-electron chi connectivity index (χ3n) is 5.78. The molecule has 4 rings (SSSR count). The molecule has 29 heavy (non-hydrogen) atoms. The van der Waals surface area contributed by atoms with Crippen molar-refractivity contribution in [3.63, 3.8) is 0 Å². The van der Waals surface area contributed by atoms with Gasteiger partial charge in [-0.1, -0.05) is 12.1 Å². The Bertz CT molecular complexity index is 995. The Morgan fingerprint density at radius 3 is 2.66 bits per heavy atom. The van der Waals surface area contributed by atoms with E-state index in [0.717, 1.165) is 37.1 Å². The zero-order chi connectivity index (χ0) is 20.4. The number of thiazole rings is 1. The minimum atomic E-state index is -0.139. The van der Waals surface area contributed by atoms with Crippen LogP contribution in [0.3, 0.4) is 0 Å². The number of quaternary nitrogens is 1. The average molecular weight is 409 g/mol. The third-order valence-corrected chi connectivity index (χ3v) is 6.98. The molecule has 1 fully saturated rings. The maximum Gasteiger partial charge on any atom is 0.282 e. The van der Waals surface area contributed by atoms with Crippen LogP contribution in [0.25, 0.3) is 10.2 Å². The van der Waals surface area contributed by atoms with Crippen molar-refractivity contribution in [2.75, 3.05) is 18.4 Å². The number of hydrogen-bond acceptors (Lipinski definition) is 4. The lowest BCUT2D eigenvalue weighted by atomic mass is 9.97. The number of benzene rings is 2. The molecule has 3 aromatic rings. The Balaban J connectivity index is 1.41. The number of nitrogens with one attached hydrogen (secondary N) is 2. The van der Waals surface area contributed by atoms with Crippen molar-refractivity contribution in [3.05, 3.63) is 59.1 Å². The van der Waals surface area contributed by atoms with Crippen molar-refractivity contribution in [2.24, 2.45) is 0 Å². The van der Waals surface area contributed by atoms with E-state index in [9.17, 15) is 9.59 Å². The van der Waals surface area contributed by atoms with E-state index < -0.39 is 0 Å². The number of nitrogens with zero attached hydrogens (tertiary/aromatic N) is 1. The molecule has 0 radical (unpaired) electrons. The summed E-state index contributed by atoms with van der Waals surface area (Å²) in [5.74, 6) is 0.441. The van der Waals surface area contributed by atoms with Crippen LogP contribution in [0, 0.1) is 0 Å². The highest BCUT2D eigenvalue weighted by molar-refractivity contribution is 7.18. The van der Waals surface area contributed by atoms with Gasteiger partial charge < -0.3 is 10.2 Å². The van der Waals surface area contributed by atoms with E-state index in [2.05, 4.69) is 23.5 Å².